The molecule has 2 aromatic heterocycles. The average molecular weight is 192 g/mol. The minimum atomic E-state index is -0.741. The zero-order valence-electron chi connectivity index (χ0n) is 7.21. The maximum atomic E-state index is 11.4. The number of rotatable bonds is 1. The fraction of sp³-hybridized carbons (Fsp3) is 0. The summed E-state index contributed by atoms with van der Waals surface area (Å²) in [5.41, 5.74) is 4.60. The van der Waals surface area contributed by atoms with Crippen molar-refractivity contribution in [2.45, 2.75) is 0 Å². The molecule has 0 aliphatic carbocycles. The summed E-state index contributed by atoms with van der Waals surface area (Å²) in [5, 5.41) is 7.14. The third-order valence-electron chi connectivity index (χ3n) is 1.73. The SMILES string of the molecule is Bn1nnc2c(C(N)=O)ncn2c1=O. The summed E-state index contributed by atoms with van der Waals surface area (Å²) in [6, 6.07) is 0. The number of nitrogens with two attached hydrogens (primary N) is 1. The first-order valence-electron chi connectivity index (χ1n) is 3.68. The van der Waals surface area contributed by atoms with E-state index < -0.39 is 11.6 Å². The van der Waals surface area contributed by atoms with Crippen LogP contribution in [0.4, 0.5) is 0 Å². The van der Waals surface area contributed by atoms with Gasteiger partial charge in [0.2, 0.25) is 0 Å². The first-order chi connectivity index (χ1) is 6.61. The normalized spacial score (nSPS) is 10.6. The number of carbonyl (C=O) groups excluding carboxylic acids is 1. The van der Waals surface area contributed by atoms with Crippen molar-refractivity contribution in [2.75, 3.05) is 0 Å². The molecule has 2 heterocycles. The van der Waals surface area contributed by atoms with Gasteiger partial charge < -0.3 is 5.73 Å². The van der Waals surface area contributed by atoms with E-state index in [1.54, 1.807) is 0 Å². The van der Waals surface area contributed by atoms with Crippen molar-refractivity contribution in [2.24, 2.45) is 5.73 Å². The fourth-order valence-corrected chi connectivity index (χ4v) is 1.05. The van der Waals surface area contributed by atoms with Crippen LogP contribution in [0.2, 0.25) is 0 Å². The van der Waals surface area contributed by atoms with Crippen molar-refractivity contribution in [3.63, 3.8) is 0 Å². The Morgan fingerprint density at radius 2 is 2.29 bits per heavy atom. The van der Waals surface area contributed by atoms with Crippen LogP contribution in [0.3, 0.4) is 0 Å². The second kappa shape index (κ2) is 2.65. The molecule has 0 saturated heterocycles. The van der Waals surface area contributed by atoms with Gasteiger partial charge >= 0.3 is 5.69 Å². The summed E-state index contributed by atoms with van der Waals surface area (Å²) in [6.07, 6.45) is 1.19. The summed E-state index contributed by atoms with van der Waals surface area (Å²) in [6.45, 7) is 0. The largest absolute Gasteiger partial charge is 0.364 e. The number of carbonyl (C=O) groups is 1. The van der Waals surface area contributed by atoms with E-state index in [0.717, 1.165) is 8.99 Å². The van der Waals surface area contributed by atoms with E-state index in [1.807, 2.05) is 0 Å². The van der Waals surface area contributed by atoms with Gasteiger partial charge in [0.15, 0.2) is 11.3 Å². The Hall–Kier alpha value is -2.19. The molecular formula is C5H5BN6O2. The lowest BCUT2D eigenvalue weighted by atomic mass is 10.4. The molecule has 8 nitrogen and oxygen atoms in total. The van der Waals surface area contributed by atoms with Crippen LogP contribution >= 0.6 is 0 Å². The molecule has 0 aliphatic heterocycles. The van der Waals surface area contributed by atoms with E-state index >= 15 is 0 Å². The smallest absolute Gasteiger partial charge is 0.339 e. The molecule has 0 atom stereocenters. The van der Waals surface area contributed by atoms with Gasteiger partial charge in [-0.1, -0.05) is 5.21 Å². The van der Waals surface area contributed by atoms with Crippen LogP contribution in [0.15, 0.2) is 11.1 Å². The molecule has 14 heavy (non-hydrogen) atoms. The van der Waals surface area contributed by atoms with Gasteiger partial charge in [-0.3, -0.25) is 9.39 Å². The Balaban J connectivity index is 2.91. The minimum absolute atomic E-state index is 0.0600. The number of imidazole rings is 1. The van der Waals surface area contributed by atoms with Crippen molar-refractivity contribution in [3.8, 4) is 0 Å². The topological polar surface area (TPSA) is 108 Å². The molecule has 0 aromatic carbocycles. The summed E-state index contributed by atoms with van der Waals surface area (Å²) >= 11 is 0. The number of aromatic nitrogens is 5. The van der Waals surface area contributed by atoms with Gasteiger partial charge in [0.05, 0.1) is 0 Å². The standard InChI is InChI=1S/C5H5BN6O2/c6-12-5(14)11-1-8-2(3(7)13)4(11)9-10-12/h1H,6H2,(H2,7,13). The average Bonchev–Trinajstić information content (AvgIpc) is 2.55. The molecule has 0 aliphatic rings. The third kappa shape index (κ3) is 0.986. The molecule has 0 bridgehead atoms. The van der Waals surface area contributed by atoms with Crippen LogP contribution in [0.1, 0.15) is 10.5 Å². The maximum absolute atomic E-state index is 11.4. The predicted molar refractivity (Wildman–Crippen MR) is 47.5 cm³/mol. The zero-order valence-corrected chi connectivity index (χ0v) is 7.21. The van der Waals surface area contributed by atoms with E-state index in [9.17, 15) is 9.59 Å². The first-order valence-corrected chi connectivity index (χ1v) is 3.68. The van der Waals surface area contributed by atoms with Crippen LogP contribution in [-0.4, -0.2) is 38.2 Å². The molecule has 1 amide bonds. The van der Waals surface area contributed by atoms with Crippen LogP contribution in [0, 0.1) is 0 Å². The molecule has 70 valence electrons. The lowest BCUT2D eigenvalue weighted by Crippen LogP contribution is -2.28. The van der Waals surface area contributed by atoms with Crippen molar-refractivity contribution >= 4 is 19.5 Å². The minimum Gasteiger partial charge on any atom is -0.364 e. The molecular weight excluding hydrogens is 187 g/mol. The molecule has 2 aromatic rings. The Morgan fingerprint density at radius 3 is 2.93 bits per heavy atom. The van der Waals surface area contributed by atoms with Gasteiger partial charge in [0.1, 0.15) is 6.33 Å². The maximum Gasteiger partial charge on any atom is 0.339 e. The van der Waals surface area contributed by atoms with Gasteiger partial charge in [-0.2, -0.15) is 0 Å². The van der Waals surface area contributed by atoms with E-state index in [1.165, 1.54) is 14.3 Å². The van der Waals surface area contributed by atoms with E-state index in [-0.39, 0.29) is 11.3 Å². The fourth-order valence-electron chi connectivity index (χ4n) is 1.05. The van der Waals surface area contributed by atoms with Crippen LogP contribution in [0.5, 0.6) is 0 Å². The highest BCUT2D eigenvalue weighted by Crippen LogP contribution is 1.99. The molecule has 0 radical (unpaired) electrons. The summed E-state index contributed by atoms with van der Waals surface area (Å²) in [7, 11) is 1.44. The summed E-state index contributed by atoms with van der Waals surface area (Å²) in [5.74, 6) is -0.741. The lowest BCUT2D eigenvalue weighted by molar-refractivity contribution is 0.0997. The van der Waals surface area contributed by atoms with E-state index in [4.69, 9.17) is 5.73 Å². The summed E-state index contributed by atoms with van der Waals surface area (Å²) < 4.78 is 2.13. The van der Waals surface area contributed by atoms with Crippen molar-refractivity contribution in [3.05, 3.63) is 22.5 Å². The second-order valence-electron chi connectivity index (χ2n) is 2.65. The molecule has 0 unspecified atom stereocenters. The lowest BCUT2D eigenvalue weighted by Gasteiger charge is -1.95. The Bertz CT molecular complexity index is 571. The second-order valence-corrected chi connectivity index (χ2v) is 2.65. The monoisotopic (exact) mass is 192 g/mol. The van der Waals surface area contributed by atoms with Crippen molar-refractivity contribution < 1.29 is 4.79 Å². The molecule has 0 saturated carbocycles. The molecule has 0 fully saturated rings. The van der Waals surface area contributed by atoms with E-state index in [0.29, 0.717) is 0 Å². The third-order valence-corrected chi connectivity index (χ3v) is 1.73. The van der Waals surface area contributed by atoms with Gasteiger partial charge in [0, 0.05) is 0 Å². The van der Waals surface area contributed by atoms with Crippen molar-refractivity contribution in [1.29, 1.82) is 0 Å². The van der Waals surface area contributed by atoms with Crippen LogP contribution in [0.25, 0.3) is 5.65 Å². The molecule has 0 spiro atoms. The number of hydrogen-bond acceptors (Lipinski definition) is 5. The predicted octanol–water partition coefficient (Wildman–Crippen LogP) is -3.22. The molecule has 2 N–H and O–H groups in total. The highest BCUT2D eigenvalue weighted by molar-refractivity contribution is 6.05. The van der Waals surface area contributed by atoms with Gasteiger partial charge in [-0.25, -0.2) is 14.2 Å². The van der Waals surface area contributed by atoms with E-state index in [2.05, 4.69) is 15.3 Å². The number of amides is 1. The Kier molecular flexibility index (Phi) is 1.59. The zero-order chi connectivity index (χ0) is 10.3. The quantitative estimate of drug-likeness (QED) is 0.478. The number of hydrogen-bond donors (Lipinski definition) is 1. The van der Waals surface area contributed by atoms with Gasteiger partial charge in [-0.15, -0.1) is 5.10 Å². The molecule has 2 rings (SSSR count). The van der Waals surface area contributed by atoms with Gasteiger partial charge in [0.25, 0.3) is 13.9 Å². The number of fused-ring (bicyclic) bond motifs is 1. The van der Waals surface area contributed by atoms with Crippen molar-refractivity contribution in [1.82, 2.24) is 24.3 Å². The Labute approximate surface area is 77.8 Å². The number of nitrogens with zero attached hydrogens (tertiary/aromatic N) is 5. The Morgan fingerprint density at radius 1 is 1.57 bits per heavy atom. The summed E-state index contributed by atoms with van der Waals surface area (Å²) in [4.78, 5) is 25.9. The first kappa shape index (κ1) is 8.41. The number of primary amides is 1. The van der Waals surface area contributed by atoms with Crippen LogP contribution < -0.4 is 11.4 Å². The van der Waals surface area contributed by atoms with Gasteiger partial charge in [-0.05, 0) is 0 Å². The highest BCUT2D eigenvalue weighted by Gasteiger charge is 2.13. The highest BCUT2D eigenvalue weighted by atomic mass is 16.2. The van der Waals surface area contributed by atoms with Crippen LogP contribution in [-0.2, 0) is 0 Å². The molecule has 9 heteroatoms.